The molecule has 0 amide bonds. The van der Waals surface area contributed by atoms with E-state index in [1.165, 1.54) is 30.8 Å². The Morgan fingerprint density at radius 1 is 1.29 bits per heavy atom. The Morgan fingerprint density at radius 2 is 2.00 bits per heavy atom. The Morgan fingerprint density at radius 3 is 2.50 bits per heavy atom. The smallest absolute Gasteiger partial charge is 0.0366 e. The van der Waals surface area contributed by atoms with Crippen molar-refractivity contribution in [2.75, 3.05) is 18.0 Å². The first-order chi connectivity index (χ1) is 6.79. The molecule has 0 saturated carbocycles. The molecule has 0 bridgehead atoms. The Hall–Kier alpha value is -0.980. The van der Waals surface area contributed by atoms with Crippen molar-refractivity contribution < 1.29 is 0 Å². The SMILES string of the molecule is CCc1ccc(N2CC[C@@H](C)C2)cc1. The molecule has 1 nitrogen and oxygen atoms in total. The Bertz CT molecular complexity index is 289. The minimum absolute atomic E-state index is 0.862. The van der Waals surface area contributed by atoms with E-state index in [1.807, 2.05) is 0 Å². The molecule has 1 aliphatic rings. The maximum absolute atomic E-state index is 2.49. The molecule has 76 valence electrons. The summed E-state index contributed by atoms with van der Waals surface area (Å²) < 4.78 is 0. The molecule has 1 aliphatic heterocycles. The van der Waals surface area contributed by atoms with Gasteiger partial charge in [0.2, 0.25) is 0 Å². The normalized spacial score (nSPS) is 21.6. The predicted molar refractivity (Wildman–Crippen MR) is 61.8 cm³/mol. The second kappa shape index (κ2) is 4.04. The second-order valence-electron chi connectivity index (χ2n) is 4.36. The first-order valence-electron chi connectivity index (χ1n) is 5.63. The lowest BCUT2D eigenvalue weighted by atomic mass is 10.1. The lowest BCUT2D eigenvalue weighted by molar-refractivity contribution is 0.659. The minimum atomic E-state index is 0.862. The first kappa shape index (κ1) is 9.57. The first-order valence-corrected chi connectivity index (χ1v) is 5.63. The van der Waals surface area contributed by atoms with E-state index in [4.69, 9.17) is 0 Å². The van der Waals surface area contributed by atoms with Gasteiger partial charge >= 0.3 is 0 Å². The fraction of sp³-hybridized carbons (Fsp3) is 0.538. The number of hydrogen-bond donors (Lipinski definition) is 0. The third kappa shape index (κ3) is 1.92. The topological polar surface area (TPSA) is 3.24 Å². The lowest BCUT2D eigenvalue weighted by Gasteiger charge is -2.18. The van der Waals surface area contributed by atoms with Crippen LogP contribution in [0.3, 0.4) is 0 Å². The molecule has 0 aliphatic carbocycles. The lowest BCUT2D eigenvalue weighted by Crippen LogP contribution is -2.18. The van der Waals surface area contributed by atoms with Gasteiger partial charge in [-0.1, -0.05) is 26.0 Å². The average Bonchev–Trinajstić information content (AvgIpc) is 2.65. The summed E-state index contributed by atoms with van der Waals surface area (Å²) in [5.41, 5.74) is 2.83. The zero-order valence-electron chi connectivity index (χ0n) is 9.16. The molecule has 0 unspecified atom stereocenters. The van der Waals surface area contributed by atoms with Gasteiger partial charge in [0, 0.05) is 18.8 Å². The van der Waals surface area contributed by atoms with Crippen LogP contribution in [0.2, 0.25) is 0 Å². The Kier molecular flexibility index (Phi) is 2.76. The average molecular weight is 189 g/mol. The molecule has 0 aromatic heterocycles. The van der Waals surface area contributed by atoms with Crippen LogP contribution in [0.1, 0.15) is 25.8 Å². The second-order valence-corrected chi connectivity index (χ2v) is 4.36. The van der Waals surface area contributed by atoms with E-state index in [2.05, 4.69) is 43.0 Å². The van der Waals surface area contributed by atoms with Crippen LogP contribution in [0.4, 0.5) is 5.69 Å². The molecule has 0 N–H and O–H groups in total. The summed E-state index contributed by atoms with van der Waals surface area (Å²) in [4.78, 5) is 2.49. The maximum Gasteiger partial charge on any atom is 0.0366 e. The van der Waals surface area contributed by atoms with Gasteiger partial charge in [0.15, 0.2) is 0 Å². The van der Waals surface area contributed by atoms with Crippen molar-refractivity contribution in [2.24, 2.45) is 5.92 Å². The van der Waals surface area contributed by atoms with Crippen molar-refractivity contribution in [3.05, 3.63) is 29.8 Å². The zero-order valence-corrected chi connectivity index (χ0v) is 9.16. The van der Waals surface area contributed by atoms with Crippen LogP contribution in [0.15, 0.2) is 24.3 Å². The van der Waals surface area contributed by atoms with Crippen LogP contribution in [0, 0.1) is 5.92 Å². The molecule has 1 fully saturated rings. The number of benzene rings is 1. The molecule has 0 radical (unpaired) electrons. The van der Waals surface area contributed by atoms with E-state index in [1.54, 1.807) is 0 Å². The molecule has 14 heavy (non-hydrogen) atoms. The van der Waals surface area contributed by atoms with E-state index >= 15 is 0 Å². The van der Waals surface area contributed by atoms with Gasteiger partial charge < -0.3 is 4.90 Å². The highest BCUT2D eigenvalue weighted by Crippen LogP contribution is 2.23. The van der Waals surface area contributed by atoms with Crippen LogP contribution < -0.4 is 4.90 Å². The van der Waals surface area contributed by atoms with Crippen molar-refractivity contribution in [1.29, 1.82) is 0 Å². The Balaban J connectivity index is 2.09. The standard InChI is InChI=1S/C13H19N/c1-3-12-4-6-13(7-5-12)14-9-8-11(2)10-14/h4-7,11H,3,8-10H2,1-2H3/t11-/m1/s1. The summed E-state index contributed by atoms with van der Waals surface area (Å²) in [5.74, 6) is 0.862. The van der Waals surface area contributed by atoms with Crippen molar-refractivity contribution in [1.82, 2.24) is 0 Å². The van der Waals surface area contributed by atoms with Crippen LogP contribution in [0.25, 0.3) is 0 Å². The number of rotatable bonds is 2. The van der Waals surface area contributed by atoms with E-state index in [9.17, 15) is 0 Å². The number of hydrogen-bond acceptors (Lipinski definition) is 1. The number of anilines is 1. The van der Waals surface area contributed by atoms with E-state index in [0.29, 0.717) is 0 Å². The van der Waals surface area contributed by atoms with E-state index < -0.39 is 0 Å². The third-order valence-electron chi connectivity index (χ3n) is 3.13. The highest BCUT2D eigenvalue weighted by atomic mass is 15.1. The van der Waals surface area contributed by atoms with E-state index in [-0.39, 0.29) is 0 Å². The summed E-state index contributed by atoms with van der Waals surface area (Å²) in [5, 5.41) is 0. The predicted octanol–water partition coefficient (Wildman–Crippen LogP) is 3.10. The van der Waals surface area contributed by atoms with Crippen molar-refractivity contribution in [3.63, 3.8) is 0 Å². The van der Waals surface area contributed by atoms with Crippen molar-refractivity contribution in [3.8, 4) is 0 Å². The fourth-order valence-corrected chi connectivity index (χ4v) is 2.11. The van der Waals surface area contributed by atoms with Crippen LogP contribution in [-0.2, 0) is 6.42 Å². The van der Waals surface area contributed by atoms with E-state index in [0.717, 1.165) is 12.3 Å². The maximum atomic E-state index is 2.49. The summed E-state index contributed by atoms with van der Waals surface area (Å²) >= 11 is 0. The van der Waals surface area contributed by atoms with Gasteiger partial charge in [0.1, 0.15) is 0 Å². The molecule has 2 rings (SSSR count). The summed E-state index contributed by atoms with van der Waals surface area (Å²) in [6.45, 7) is 6.99. The quantitative estimate of drug-likeness (QED) is 0.691. The van der Waals surface area contributed by atoms with Gasteiger partial charge in [-0.3, -0.25) is 0 Å². The highest BCUT2D eigenvalue weighted by molar-refractivity contribution is 5.48. The summed E-state index contributed by atoms with van der Waals surface area (Å²) in [6.07, 6.45) is 2.48. The molecule has 1 heterocycles. The molecule has 1 aromatic carbocycles. The molecular weight excluding hydrogens is 170 g/mol. The molecule has 1 atom stereocenters. The number of nitrogens with zero attached hydrogens (tertiary/aromatic N) is 1. The highest BCUT2D eigenvalue weighted by Gasteiger charge is 2.18. The molecule has 0 spiro atoms. The van der Waals surface area contributed by atoms with Gasteiger partial charge in [-0.05, 0) is 36.5 Å². The van der Waals surface area contributed by atoms with Gasteiger partial charge in [-0.2, -0.15) is 0 Å². The van der Waals surface area contributed by atoms with Gasteiger partial charge in [0.25, 0.3) is 0 Å². The largest absolute Gasteiger partial charge is 0.371 e. The molecule has 1 aromatic rings. The van der Waals surface area contributed by atoms with Crippen LogP contribution >= 0.6 is 0 Å². The summed E-state index contributed by atoms with van der Waals surface area (Å²) in [6, 6.07) is 9.02. The minimum Gasteiger partial charge on any atom is -0.371 e. The van der Waals surface area contributed by atoms with Gasteiger partial charge in [-0.15, -0.1) is 0 Å². The van der Waals surface area contributed by atoms with Gasteiger partial charge in [-0.25, -0.2) is 0 Å². The molecule has 1 heteroatoms. The Labute approximate surface area is 86.7 Å². The van der Waals surface area contributed by atoms with Gasteiger partial charge in [0.05, 0.1) is 0 Å². The van der Waals surface area contributed by atoms with Crippen molar-refractivity contribution >= 4 is 5.69 Å². The third-order valence-corrected chi connectivity index (χ3v) is 3.13. The van der Waals surface area contributed by atoms with Crippen molar-refractivity contribution in [2.45, 2.75) is 26.7 Å². The van der Waals surface area contributed by atoms with Crippen LogP contribution in [-0.4, -0.2) is 13.1 Å². The fourth-order valence-electron chi connectivity index (χ4n) is 2.11. The zero-order chi connectivity index (χ0) is 9.97. The van der Waals surface area contributed by atoms with Crippen LogP contribution in [0.5, 0.6) is 0 Å². The number of aryl methyl sites for hydroxylation is 1. The molecule has 1 saturated heterocycles. The monoisotopic (exact) mass is 189 g/mol. The summed E-state index contributed by atoms with van der Waals surface area (Å²) in [7, 11) is 0. The molecular formula is C13H19N.